The van der Waals surface area contributed by atoms with E-state index in [4.69, 9.17) is 5.73 Å². The molecule has 31 heavy (non-hydrogen) atoms. The van der Waals surface area contributed by atoms with E-state index in [0.717, 1.165) is 18.4 Å². The summed E-state index contributed by atoms with van der Waals surface area (Å²) in [5.41, 5.74) is 5.68. The van der Waals surface area contributed by atoms with Crippen LogP contribution < -0.4 is 10.6 Å². The molecule has 1 unspecified atom stereocenters. The summed E-state index contributed by atoms with van der Waals surface area (Å²) in [6, 6.07) is 0.488. The van der Waals surface area contributed by atoms with Gasteiger partial charge in [-0.2, -0.15) is 10.1 Å². The number of anilines is 2. The van der Waals surface area contributed by atoms with Crippen LogP contribution in [0.4, 0.5) is 20.5 Å². The molecule has 2 heterocycles. The number of fused-ring (bicyclic) bond motifs is 1. The summed E-state index contributed by atoms with van der Waals surface area (Å²) in [7, 11) is 0. The molecule has 3 saturated carbocycles. The minimum Gasteiger partial charge on any atom is -0.395 e. The third-order valence-electron chi connectivity index (χ3n) is 7.15. The van der Waals surface area contributed by atoms with Gasteiger partial charge < -0.3 is 15.7 Å². The molecule has 0 spiro atoms. The van der Waals surface area contributed by atoms with E-state index in [-0.39, 0.29) is 36.4 Å². The predicted molar refractivity (Wildman–Crippen MR) is 109 cm³/mol. The lowest BCUT2D eigenvalue weighted by Crippen LogP contribution is -2.33. The zero-order chi connectivity index (χ0) is 22.0. The maximum Gasteiger partial charge on any atom is 0.245 e. The molecule has 0 bridgehead atoms. The van der Waals surface area contributed by atoms with Gasteiger partial charge in [0.25, 0.3) is 0 Å². The summed E-state index contributed by atoms with van der Waals surface area (Å²) in [6.45, 7) is 2.66. The van der Waals surface area contributed by atoms with Gasteiger partial charge in [-0.1, -0.05) is 6.92 Å². The molecule has 3 N–H and O–H groups in total. The fraction of sp³-hybridized carbons (Fsp3) is 0.619. The van der Waals surface area contributed by atoms with Gasteiger partial charge in [-0.15, -0.1) is 0 Å². The quantitative estimate of drug-likeness (QED) is 0.554. The molecule has 3 aliphatic rings. The number of aliphatic hydroxyl groups excluding tert-OH is 1. The molecule has 1 atom stereocenters. The molecule has 8 nitrogen and oxygen atoms in total. The Balaban J connectivity index is 1.43. The molecule has 0 aromatic carbocycles. The number of alkyl halides is 2. The van der Waals surface area contributed by atoms with Crippen molar-refractivity contribution in [2.45, 2.75) is 56.4 Å². The molecule has 0 aliphatic heterocycles. The van der Waals surface area contributed by atoms with Gasteiger partial charge in [0.2, 0.25) is 12.4 Å². The Morgan fingerprint density at radius 2 is 2.13 bits per heavy atom. The fourth-order valence-electron chi connectivity index (χ4n) is 4.78. The number of nitrogens with two attached hydrogens (primary N) is 1. The van der Waals surface area contributed by atoms with Gasteiger partial charge in [-0.05, 0) is 31.2 Å². The third kappa shape index (κ3) is 3.10. The molecule has 0 amide bonds. The lowest BCUT2D eigenvalue weighted by molar-refractivity contribution is 0.0927. The fourth-order valence-corrected chi connectivity index (χ4v) is 4.78. The van der Waals surface area contributed by atoms with Crippen molar-refractivity contribution in [3.63, 3.8) is 0 Å². The summed E-state index contributed by atoms with van der Waals surface area (Å²) >= 11 is 0. The average molecular weight is 432 g/mol. The number of aromatic nitrogens is 4. The maximum absolute atomic E-state index is 13.5. The largest absolute Gasteiger partial charge is 0.395 e. The van der Waals surface area contributed by atoms with Gasteiger partial charge in [0, 0.05) is 36.0 Å². The van der Waals surface area contributed by atoms with Crippen LogP contribution in [0, 0.1) is 5.41 Å². The minimum absolute atomic E-state index is 0.0107. The van der Waals surface area contributed by atoms with Crippen molar-refractivity contribution in [1.29, 1.82) is 0 Å². The Morgan fingerprint density at radius 3 is 2.71 bits per heavy atom. The molecule has 166 valence electrons. The highest BCUT2D eigenvalue weighted by Gasteiger charge is 2.89. The second kappa shape index (κ2) is 6.94. The third-order valence-corrected chi connectivity index (χ3v) is 7.15. The van der Waals surface area contributed by atoms with Gasteiger partial charge in [0.15, 0.2) is 6.29 Å². The van der Waals surface area contributed by atoms with Gasteiger partial charge in [-0.3, -0.25) is 9.48 Å². The van der Waals surface area contributed by atoms with Crippen LogP contribution in [0.1, 0.15) is 66.2 Å². The van der Waals surface area contributed by atoms with E-state index in [0.29, 0.717) is 37.4 Å². The Labute approximate surface area is 178 Å². The average Bonchev–Trinajstić information content (AvgIpc) is 3.65. The number of hydrogen-bond donors (Lipinski definition) is 2. The Morgan fingerprint density at radius 1 is 1.39 bits per heavy atom. The van der Waals surface area contributed by atoms with Crippen molar-refractivity contribution in [1.82, 2.24) is 19.7 Å². The summed E-state index contributed by atoms with van der Waals surface area (Å²) < 4.78 is 29.0. The van der Waals surface area contributed by atoms with Crippen LogP contribution in [0.5, 0.6) is 0 Å². The van der Waals surface area contributed by atoms with E-state index in [1.54, 1.807) is 4.90 Å². The number of carbonyl (C=O) groups excluding carboxylic acids is 1. The Hall–Kier alpha value is -2.62. The number of nitrogen functional groups attached to an aromatic ring is 1. The second-order valence-corrected chi connectivity index (χ2v) is 9.24. The molecule has 2 aromatic rings. The summed E-state index contributed by atoms with van der Waals surface area (Å²) in [5, 5.41) is 14.0. The number of carbonyl (C=O) groups is 1. The van der Waals surface area contributed by atoms with Crippen LogP contribution in [-0.4, -0.2) is 57.3 Å². The van der Waals surface area contributed by atoms with Crippen LogP contribution in [0.15, 0.2) is 12.4 Å². The van der Waals surface area contributed by atoms with E-state index in [9.17, 15) is 18.7 Å². The lowest BCUT2D eigenvalue weighted by atomic mass is 10.0. The van der Waals surface area contributed by atoms with Crippen molar-refractivity contribution in [3.05, 3.63) is 29.2 Å². The van der Waals surface area contributed by atoms with Crippen LogP contribution >= 0.6 is 0 Å². The number of halogens is 2. The first kappa shape index (κ1) is 20.3. The minimum atomic E-state index is -2.46. The van der Waals surface area contributed by atoms with Crippen molar-refractivity contribution < 1.29 is 18.7 Å². The first-order valence-corrected chi connectivity index (χ1v) is 10.7. The van der Waals surface area contributed by atoms with Gasteiger partial charge in [0.05, 0.1) is 30.1 Å². The van der Waals surface area contributed by atoms with Crippen molar-refractivity contribution >= 4 is 18.1 Å². The molecule has 3 aliphatic carbocycles. The van der Waals surface area contributed by atoms with Crippen molar-refractivity contribution in [2.75, 3.05) is 30.3 Å². The van der Waals surface area contributed by atoms with Gasteiger partial charge >= 0.3 is 0 Å². The molecule has 2 aromatic heterocycles. The smallest absolute Gasteiger partial charge is 0.245 e. The van der Waals surface area contributed by atoms with Crippen molar-refractivity contribution in [3.8, 4) is 0 Å². The number of hydrogen-bond acceptors (Lipinski definition) is 7. The highest BCUT2D eigenvalue weighted by molar-refractivity contribution is 5.85. The molecule has 3 fully saturated rings. The van der Waals surface area contributed by atoms with Crippen LogP contribution in [0.25, 0.3) is 0 Å². The molecule has 0 saturated heterocycles. The standard InChI is InChI=1S/C21H26F2N6O2/c1-12(13-6-25-29(8-13)14-2-3-14)7-28(4-5-30)19-26-16(15(9-31)17(24)27-19)20-10-21(20,11-20)18(22)23/h6,8-9,12,14,18,30H,2-5,7,10-11H2,1H3,(H2,24,26,27). The van der Waals surface area contributed by atoms with E-state index in [2.05, 4.69) is 15.1 Å². The zero-order valence-corrected chi connectivity index (χ0v) is 17.3. The van der Waals surface area contributed by atoms with E-state index in [1.807, 2.05) is 24.0 Å². The molecular formula is C21H26F2N6O2. The van der Waals surface area contributed by atoms with Crippen LogP contribution in [0.2, 0.25) is 0 Å². The summed E-state index contributed by atoms with van der Waals surface area (Å²) in [5.74, 6) is 0.312. The molecular weight excluding hydrogens is 406 g/mol. The summed E-state index contributed by atoms with van der Waals surface area (Å²) in [6.07, 6.45) is 4.90. The lowest BCUT2D eigenvalue weighted by Gasteiger charge is -2.26. The number of nitrogens with zero attached hydrogens (tertiary/aromatic N) is 5. The van der Waals surface area contributed by atoms with Crippen LogP contribution in [0.3, 0.4) is 0 Å². The number of aliphatic hydroxyl groups is 1. The maximum atomic E-state index is 13.5. The first-order chi connectivity index (χ1) is 14.8. The highest BCUT2D eigenvalue weighted by atomic mass is 19.3. The highest BCUT2D eigenvalue weighted by Crippen LogP contribution is 2.88. The summed E-state index contributed by atoms with van der Waals surface area (Å²) in [4.78, 5) is 22.3. The van der Waals surface area contributed by atoms with Gasteiger partial charge in [0.1, 0.15) is 5.82 Å². The molecule has 5 rings (SSSR count). The van der Waals surface area contributed by atoms with Gasteiger partial charge in [-0.25, -0.2) is 13.8 Å². The van der Waals surface area contributed by atoms with Crippen molar-refractivity contribution in [2.24, 2.45) is 5.41 Å². The van der Waals surface area contributed by atoms with Crippen LogP contribution in [-0.2, 0) is 5.41 Å². The SMILES string of the molecule is CC(CN(CCO)c1nc(N)c(C=O)c(C23CC2(C(F)F)C3)n1)c1cnn(C2CC2)c1. The monoisotopic (exact) mass is 432 g/mol. The number of rotatable bonds is 10. The molecule has 10 heteroatoms. The first-order valence-electron chi connectivity index (χ1n) is 10.7. The molecule has 0 radical (unpaired) electrons. The zero-order valence-electron chi connectivity index (χ0n) is 17.3. The van der Waals surface area contributed by atoms with E-state index in [1.165, 1.54) is 0 Å². The Kier molecular flexibility index (Phi) is 4.55. The number of aldehydes is 1. The second-order valence-electron chi connectivity index (χ2n) is 9.24. The Bertz CT molecular complexity index is 1020. The normalized spacial score (nSPS) is 27.1. The van der Waals surface area contributed by atoms with E-state index < -0.39 is 17.3 Å². The predicted octanol–water partition coefficient (Wildman–Crippen LogP) is 2.30. The topological polar surface area (TPSA) is 110 Å². The van der Waals surface area contributed by atoms with E-state index >= 15 is 0 Å².